The molecule has 2 rings (SSSR count). The zero-order valence-corrected chi connectivity index (χ0v) is 12.0. The number of ether oxygens (including phenoxy) is 1. The molecule has 1 heterocycles. The molecule has 0 N–H and O–H groups in total. The van der Waals surface area contributed by atoms with Crippen LogP contribution in [-0.4, -0.2) is 32.0 Å². The van der Waals surface area contributed by atoms with Crippen molar-refractivity contribution in [1.29, 1.82) is 0 Å². The summed E-state index contributed by atoms with van der Waals surface area (Å²) in [6.45, 7) is -0.0571. The minimum absolute atomic E-state index is 0.0571. The summed E-state index contributed by atoms with van der Waals surface area (Å²) >= 11 is 0. The van der Waals surface area contributed by atoms with Crippen LogP contribution in [0.4, 0.5) is 26.3 Å². The standard InChI is InChI=1S/C13H14F6OSi/c14-12(15,16)21(13(17,18)19,10-6-2-1-3-7-10)11-8-4-5-9-20-11/h1-3,6-7,11H,4-5,8-9H2. The Labute approximate surface area is 118 Å². The molecule has 1 aromatic rings. The predicted molar refractivity (Wildman–Crippen MR) is 67.5 cm³/mol. The summed E-state index contributed by atoms with van der Waals surface area (Å²) in [4.78, 5) is 0. The average Bonchev–Trinajstić information content (AvgIpc) is 2.38. The first kappa shape index (κ1) is 16.3. The van der Waals surface area contributed by atoms with E-state index in [4.69, 9.17) is 4.74 Å². The fourth-order valence-electron chi connectivity index (χ4n) is 2.82. The Morgan fingerprint density at radius 1 is 0.905 bits per heavy atom. The lowest BCUT2D eigenvalue weighted by Crippen LogP contribution is -2.77. The van der Waals surface area contributed by atoms with Crippen molar-refractivity contribution in [2.75, 3.05) is 6.61 Å². The van der Waals surface area contributed by atoms with E-state index < -0.39 is 30.6 Å². The third-order valence-corrected chi connectivity index (χ3v) is 8.24. The van der Waals surface area contributed by atoms with E-state index in [-0.39, 0.29) is 13.0 Å². The number of alkyl halides is 6. The molecule has 0 bridgehead atoms. The number of hydrogen-bond acceptors (Lipinski definition) is 1. The number of benzene rings is 1. The molecule has 0 aliphatic carbocycles. The Morgan fingerprint density at radius 2 is 1.48 bits per heavy atom. The van der Waals surface area contributed by atoms with Crippen LogP contribution in [0, 0.1) is 0 Å². The van der Waals surface area contributed by atoms with E-state index in [1.807, 2.05) is 0 Å². The van der Waals surface area contributed by atoms with Gasteiger partial charge in [0.05, 0.1) is 5.73 Å². The third kappa shape index (κ3) is 2.70. The van der Waals surface area contributed by atoms with Gasteiger partial charge in [-0.05, 0) is 24.4 Å². The van der Waals surface area contributed by atoms with E-state index >= 15 is 0 Å². The molecule has 1 fully saturated rings. The molecule has 0 spiro atoms. The van der Waals surface area contributed by atoms with E-state index in [0.29, 0.717) is 12.8 Å². The first-order valence-electron chi connectivity index (χ1n) is 6.52. The summed E-state index contributed by atoms with van der Waals surface area (Å²) in [5.74, 6) is -10.7. The van der Waals surface area contributed by atoms with E-state index in [1.165, 1.54) is 18.2 Å². The second-order valence-corrected chi connectivity index (χ2v) is 9.00. The van der Waals surface area contributed by atoms with Gasteiger partial charge in [0.25, 0.3) is 0 Å². The molecule has 1 aliphatic heterocycles. The first-order valence-corrected chi connectivity index (χ1v) is 8.59. The molecule has 1 unspecified atom stereocenters. The van der Waals surface area contributed by atoms with Crippen LogP contribution in [0.5, 0.6) is 0 Å². The Morgan fingerprint density at radius 3 is 1.90 bits per heavy atom. The maximum absolute atomic E-state index is 13.6. The van der Waals surface area contributed by atoms with Gasteiger partial charge in [-0.25, -0.2) is 0 Å². The molecule has 21 heavy (non-hydrogen) atoms. The summed E-state index contributed by atoms with van der Waals surface area (Å²) in [5, 5.41) is -0.683. The Kier molecular flexibility index (Phi) is 4.39. The van der Waals surface area contributed by atoms with Gasteiger partial charge in [0.1, 0.15) is 0 Å². The second-order valence-electron chi connectivity index (χ2n) is 5.02. The Balaban J connectivity index is 2.66. The summed E-state index contributed by atoms with van der Waals surface area (Å²) in [6.07, 6.45) is 0.601. The average molecular weight is 328 g/mol. The number of hydrogen-bond donors (Lipinski definition) is 0. The van der Waals surface area contributed by atoms with Crippen LogP contribution in [0.15, 0.2) is 30.3 Å². The summed E-state index contributed by atoms with van der Waals surface area (Å²) in [6, 6.07) is 5.66. The van der Waals surface area contributed by atoms with Gasteiger partial charge < -0.3 is 4.74 Å². The maximum atomic E-state index is 13.6. The van der Waals surface area contributed by atoms with Crippen LogP contribution >= 0.6 is 0 Å². The minimum atomic E-state index is -5.90. The SMILES string of the molecule is FC(F)(F)[Si](c1ccccc1)(C1CCCCO1)C(F)(F)F. The van der Waals surface area contributed by atoms with Crippen LogP contribution < -0.4 is 5.19 Å². The fraction of sp³-hybridized carbons (Fsp3) is 0.538. The summed E-state index contributed by atoms with van der Waals surface area (Å²) in [7, 11) is -5.90. The highest BCUT2D eigenvalue weighted by Gasteiger charge is 2.78. The zero-order chi connectivity index (χ0) is 15.7. The van der Waals surface area contributed by atoms with E-state index in [9.17, 15) is 26.3 Å². The normalized spacial score (nSPS) is 21.3. The largest absolute Gasteiger partial charge is 0.380 e. The molecular weight excluding hydrogens is 314 g/mol. The lowest BCUT2D eigenvalue weighted by atomic mass is 10.2. The molecular formula is C13H14F6OSi. The van der Waals surface area contributed by atoms with Gasteiger partial charge in [-0.2, -0.15) is 26.3 Å². The summed E-state index contributed by atoms with van der Waals surface area (Å²) < 4.78 is 86.6. The van der Waals surface area contributed by atoms with Crippen LogP contribution in [0.2, 0.25) is 0 Å². The molecule has 1 aliphatic rings. The van der Waals surface area contributed by atoms with E-state index in [1.54, 1.807) is 0 Å². The van der Waals surface area contributed by atoms with Crippen molar-refractivity contribution in [3.63, 3.8) is 0 Å². The predicted octanol–water partition coefficient (Wildman–Crippen LogP) is 3.65. The van der Waals surface area contributed by atoms with Crippen molar-refractivity contribution in [3.05, 3.63) is 30.3 Å². The topological polar surface area (TPSA) is 9.23 Å². The summed E-state index contributed by atoms with van der Waals surface area (Å²) in [5.41, 5.74) is -1.81. The van der Waals surface area contributed by atoms with Gasteiger partial charge in [0.2, 0.25) is 0 Å². The molecule has 1 aromatic carbocycles. The fourth-order valence-corrected chi connectivity index (χ4v) is 6.62. The third-order valence-electron chi connectivity index (χ3n) is 3.79. The quantitative estimate of drug-likeness (QED) is 0.595. The van der Waals surface area contributed by atoms with Crippen molar-refractivity contribution >= 4 is 13.3 Å². The van der Waals surface area contributed by atoms with Crippen molar-refractivity contribution < 1.29 is 31.1 Å². The number of halogens is 6. The molecule has 0 amide bonds. The molecule has 0 saturated carbocycles. The zero-order valence-electron chi connectivity index (χ0n) is 11.0. The van der Waals surface area contributed by atoms with Crippen LogP contribution in [0.3, 0.4) is 0 Å². The van der Waals surface area contributed by atoms with E-state index in [0.717, 1.165) is 12.1 Å². The highest BCUT2D eigenvalue weighted by molar-refractivity contribution is 6.96. The molecule has 0 radical (unpaired) electrons. The van der Waals surface area contributed by atoms with Gasteiger partial charge in [0, 0.05) is 6.61 Å². The molecule has 0 aromatic heterocycles. The maximum Gasteiger partial charge on any atom is 0.379 e. The second kappa shape index (κ2) is 5.64. The monoisotopic (exact) mass is 328 g/mol. The molecule has 1 nitrogen and oxygen atoms in total. The van der Waals surface area contributed by atoms with Gasteiger partial charge in [0.15, 0.2) is 0 Å². The highest BCUT2D eigenvalue weighted by atomic mass is 28.3. The van der Waals surface area contributed by atoms with Crippen molar-refractivity contribution in [1.82, 2.24) is 0 Å². The lowest BCUT2D eigenvalue weighted by Gasteiger charge is -2.42. The number of rotatable bonds is 2. The van der Waals surface area contributed by atoms with Gasteiger partial charge in [-0.15, -0.1) is 0 Å². The van der Waals surface area contributed by atoms with Crippen LogP contribution in [-0.2, 0) is 4.74 Å². The smallest absolute Gasteiger partial charge is 0.379 e. The Hall–Kier alpha value is -1.02. The first-order chi connectivity index (χ1) is 9.71. The van der Waals surface area contributed by atoms with Crippen LogP contribution in [0.1, 0.15) is 19.3 Å². The lowest BCUT2D eigenvalue weighted by molar-refractivity contribution is -0.124. The van der Waals surface area contributed by atoms with Gasteiger partial charge in [-0.3, -0.25) is 0 Å². The molecule has 118 valence electrons. The van der Waals surface area contributed by atoms with Crippen molar-refractivity contribution in [2.45, 2.75) is 36.6 Å². The molecule has 8 heteroatoms. The van der Waals surface area contributed by atoms with Crippen LogP contribution in [0.25, 0.3) is 0 Å². The molecule has 1 saturated heterocycles. The van der Waals surface area contributed by atoms with Gasteiger partial charge in [-0.1, -0.05) is 30.3 Å². The molecule has 1 atom stereocenters. The minimum Gasteiger partial charge on any atom is -0.380 e. The Bertz CT molecular complexity index is 450. The van der Waals surface area contributed by atoms with Crippen molar-refractivity contribution in [2.24, 2.45) is 0 Å². The van der Waals surface area contributed by atoms with E-state index in [2.05, 4.69) is 0 Å². The van der Waals surface area contributed by atoms with Gasteiger partial charge >= 0.3 is 19.7 Å². The highest BCUT2D eigenvalue weighted by Crippen LogP contribution is 2.45. The van der Waals surface area contributed by atoms with Crippen molar-refractivity contribution in [3.8, 4) is 0 Å².